The van der Waals surface area contributed by atoms with E-state index in [2.05, 4.69) is 4.90 Å². The number of likely N-dealkylation sites (tertiary alicyclic amines) is 1. The van der Waals surface area contributed by atoms with Crippen LogP contribution in [0.1, 0.15) is 38.2 Å². The van der Waals surface area contributed by atoms with E-state index in [0.717, 1.165) is 38.8 Å². The van der Waals surface area contributed by atoms with E-state index in [-0.39, 0.29) is 21.7 Å². The molecule has 0 N–H and O–H groups in total. The Labute approximate surface area is 175 Å². The predicted molar refractivity (Wildman–Crippen MR) is 106 cm³/mol. The van der Waals surface area contributed by atoms with E-state index in [1.165, 1.54) is 0 Å². The molecule has 0 spiro atoms. The Bertz CT molecular complexity index is 775. The Hall–Kier alpha value is -1.21. The zero-order valence-corrected chi connectivity index (χ0v) is 17.8. The topological polar surface area (TPSA) is 57.2 Å². The van der Waals surface area contributed by atoms with Crippen LogP contribution >= 0.6 is 23.2 Å². The fourth-order valence-electron chi connectivity index (χ4n) is 4.61. The van der Waals surface area contributed by atoms with E-state index in [1.807, 2.05) is 6.92 Å². The molecular formula is C20H25Cl2NO5. The van der Waals surface area contributed by atoms with Crippen molar-refractivity contribution < 1.29 is 23.7 Å². The van der Waals surface area contributed by atoms with Crippen LogP contribution < -0.4 is 14.2 Å². The quantitative estimate of drug-likeness (QED) is 0.653. The average molecular weight is 430 g/mol. The lowest BCUT2D eigenvalue weighted by Gasteiger charge is -2.47. The normalized spacial score (nSPS) is 30.2. The second-order valence-electron chi connectivity index (χ2n) is 7.99. The SMILES string of the molecule is COC1CN(C2CCC(C3(C)Oc4c(C)c(OC=O)c(Cl)c(Cl)c4O3)CC2)C1. The zero-order valence-electron chi connectivity index (χ0n) is 16.3. The van der Waals surface area contributed by atoms with Gasteiger partial charge in [-0.3, -0.25) is 9.69 Å². The molecule has 1 saturated heterocycles. The zero-order chi connectivity index (χ0) is 20.1. The van der Waals surface area contributed by atoms with Crippen molar-refractivity contribution in [1.29, 1.82) is 0 Å². The second kappa shape index (κ2) is 7.56. The summed E-state index contributed by atoms with van der Waals surface area (Å²) >= 11 is 12.7. The number of carbonyl (C=O) groups excluding carboxylic acids is 1. The highest BCUT2D eigenvalue weighted by Crippen LogP contribution is 2.56. The number of fused-ring (bicyclic) bond motifs is 1. The number of hydrogen-bond donors (Lipinski definition) is 0. The first-order valence-corrected chi connectivity index (χ1v) is 10.4. The highest BCUT2D eigenvalue weighted by Gasteiger charge is 2.48. The van der Waals surface area contributed by atoms with Crippen molar-refractivity contribution in [1.82, 2.24) is 4.90 Å². The van der Waals surface area contributed by atoms with Crippen molar-refractivity contribution in [3.63, 3.8) is 0 Å². The van der Waals surface area contributed by atoms with Crippen molar-refractivity contribution >= 4 is 29.7 Å². The molecule has 3 aliphatic rings. The van der Waals surface area contributed by atoms with Gasteiger partial charge in [-0.15, -0.1) is 0 Å². The van der Waals surface area contributed by atoms with Crippen LogP contribution in [0.2, 0.25) is 10.0 Å². The molecular weight excluding hydrogens is 405 g/mol. The number of rotatable bonds is 5. The second-order valence-corrected chi connectivity index (χ2v) is 8.75. The number of halogens is 2. The molecule has 28 heavy (non-hydrogen) atoms. The lowest BCUT2D eigenvalue weighted by Crippen LogP contribution is -2.57. The molecule has 6 nitrogen and oxygen atoms in total. The van der Waals surface area contributed by atoms with E-state index >= 15 is 0 Å². The van der Waals surface area contributed by atoms with Gasteiger partial charge in [-0.2, -0.15) is 0 Å². The fourth-order valence-corrected chi connectivity index (χ4v) is 5.10. The van der Waals surface area contributed by atoms with Crippen LogP contribution in [0.5, 0.6) is 17.2 Å². The van der Waals surface area contributed by atoms with Gasteiger partial charge in [0.2, 0.25) is 0 Å². The number of benzene rings is 1. The van der Waals surface area contributed by atoms with Crippen molar-refractivity contribution in [2.75, 3.05) is 20.2 Å². The number of hydrogen-bond acceptors (Lipinski definition) is 6. The minimum Gasteiger partial charge on any atom is -0.448 e. The predicted octanol–water partition coefficient (Wildman–Crippen LogP) is 4.21. The minimum absolute atomic E-state index is 0.159. The number of carbonyl (C=O) groups is 1. The smallest absolute Gasteiger partial charge is 0.298 e. The monoisotopic (exact) mass is 429 g/mol. The van der Waals surface area contributed by atoms with Gasteiger partial charge in [0.1, 0.15) is 10.0 Å². The van der Waals surface area contributed by atoms with Crippen molar-refractivity contribution in [3.8, 4) is 17.2 Å². The van der Waals surface area contributed by atoms with Gasteiger partial charge in [-0.05, 0) is 32.6 Å². The summed E-state index contributed by atoms with van der Waals surface area (Å²) in [6, 6.07) is 0.599. The van der Waals surface area contributed by atoms with Crippen LogP contribution in [0.15, 0.2) is 0 Å². The van der Waals surface area contributed by atoms with E-state index in [4.69, 9.17) is 42.1 Å². The maximum atomic E-state index is 10.8. The van der Waals surface area contributed by atoms with Crippen LogP contribution in [-0.2, 0) is 9.53 Å². The largest absolute Gasteiger partial charge is 0.448 e. The fraction of sp³-hybridized carbons (Fsp3) is 0.650. The summed E-state index contributed by atoms with van der Waals surface area (Å²) in [5.41, 5.74) is 0.611. The first-order valence-electron chi connectivity index (χ1n) is 9.64. The summed E-state index contributed by atoms with van der Waals surface area (Å²) in [6.07, 6.45) is 4.60. The maximum absolute atomic E-state index is 10.8. The standard InChI is InChI=1S/C20H25Cl2NO5/c1-11-17(26-10-24)15(21)16(22)19-18(11)27-20(2,28-19)12-4-6-13(7-5-12)23-8-14(9-23)25-3/h10,12-14H,4-9H2,1-3H3. The van der Waals surface area contributed by atoms with E-state index in [0.29, 0.717) is 35.7 Å². The van der Waals surface area contributed by atoms with Crippen LogP contribution in [0.25, 0.3) is 0 Å². The molecule has 1 unspecified atom stereocenters. The molecule has 0 radical (unpaired) electrons. The highest BCUT2D eigenvalue weighted by atomic mass is 35.5. The van der Waals surface area contributed by atoms with Gasteiger partial charge in [0.05, 0.1) is 6.10 Å². The van der Waals surface area contributed by atoms with Crippen LogP contribution in [-0.4, -0.2) is 49.5 Å². The van der Waals surface area contributed by atoms with Gasteiger partial charge < -0.3 is 18.9 Å². The molecule has 1 aromatic carbocycles. The van der Waals surface area contributed by atoms with Crippen LogP contribution in [0, 0.1) is 12.8 Å². The van der Waals surface area contributed by atoms with Gasteiger partial charge >= 0.3 is 0 Å². The molecule has 1 aromatic rings. The molecule has 8 heteroatoms. The van der Waals surface area contributed by atoms with Crippen LogP contribution in [0.4, 0.5) is 0 Å². The Morgan fingerprint density at radius 2 is 1.75 bits per heavy atom. The summed E-state index contributed by atoms with van der Waals surface area (Å²) in [5, 5.41) is 0.370. The summed E-state index contributed by atoms with van der Waals surface area (Å²) in [4.78, 5) is 13.3. The third kappa shape index (κ3) is 3.24. The first kappa shape index (κ1) is 20.1. The van der Waals surface area contributed by atoms with Gasteiger partial charge in [-0.1, -0.05) is 23.2 Å². The number of nitrogens with zero attached hydrogens (tertiary/aromatic N) is 1. The molecule has 4 rings (SSSR count). The lowest BCUT2D eigenvalue weighted by molar-refractivity contribution is -0.130. The Balaban J connectivity index is 1.47. The summed E-state index contributed by atoms with van der Waals surface area (Å²) in [5.74, 6) is 0.566. The molecule has 1 atom stereocenters. The van der Waals surface area contributed by atoms with Crippen molar-refractivity contribution in [2.24, 2.45) is 5.92 Å². The summed E-state index contributed by atoms with van der Waals surface area (Å²) in [7, 11) is 1.77. The molecule has 0 amide bonds. The third-order valence-electron chi connectivity index (χ3n) is 6.42. The lowest BCUT2D eigenvalue weighted by atomic mass is 9.80. The number of ether oxygens (including phenoxy) is 4. The molecule has 0 bridgehead atoms. The van der Waals surface area contributed by atoms with Gasteiger partial charge in [-0.25, -0.2) is 0 Å². The molecule has 2 heterocycles. The van der Waals surface area contributed by atoms with Gasteiger partial charge in [0.15, 0.2) is 17.2 Å². The van der Waals surface area contributed by atoms with Crippen molar-refractivity contribution in [2.45, 2.75) is 57.5 Å². The summed E-state index contributed by atoms with van der Waals surface area (Å²) in [6.45, 7) is 6.11. The van der Waals surface area contributed by atoms with Crippen molar-refractivity contribution in [3.05, 3.63) is 15.6 Å². The van der Waals surface area contributed by atoms with E-state index in [1.54, 1.807) is 14.0 Å². The van der Waals surface area contributed by atoms with Gasteiger partial charge in [0.25, 0.3) is 12.3 Å². The molecule has 154 valence electrons. The number of methoxy groups -OCH3 is 1. The van der Waals surface area contributed by atoms with Crippen LogP contribution in [0.3, 0.4) is 0 Å². The Morgan fingerprint density at radius 1 is 1.11 bits per heavy atom. The molecule has 1 saturated carbocycles. The minimum atomic E-state index is -0.811. The highest BCUT2D eigenvalue weighted by molar-refractivity contribution is 6.44. The Morgan fingerprint density at radius 3 is 2.36 bits per heavy atom. The summed E-state index contributed by atoms with van der Waals surface area (Å²) < 4.78 is 22.9. The van der Waals surface area contributed by atoms with Gasteiger partial charge in [0, 0.05) is 44.6 Å². The molecule has 1 aliphatic carbocycles. The molecule has 2 aliphatic heterocycles. The maximum Gasteiger partial charge on any atom is 0.298 e. The average Bonchev–Trinajstić information content (AvgIpc) is 3.03. The van der Waals surface area contributed by atoms with E-state index < -0.39 is 5.79 Å². The molecule has 2 fully saturated rings. The Kier molecular flexibility index (Phi) is 5.42. The molecule has 0 aromatic heterocycles. The third-order valence-corrected chi connectivity index (χ3v) is 7.24. The van der Waals surface area contributed by atoms with E-state index in [9.17, 15) is 4.79 Å². The first-order chi connectivity index (χ1) is 13.4.